The van der Waals surface area contributed by atoms with E-state index in [2.05, 4.69) is 15.1 Å². The van der Waals surface area contributed by atoms with Crippen LogP contribution in [-0.2, 0) is 0 Å². The van der Waals surface area contributed by atoms with Gasteiger partial charge in [0, 0.05) is 0 Å². The Hall–Kier alpha value is -2.70. The van der Waals surface area contributed by atoms with Crippen LogP contribution in [0.25, 0.3) is 16.8 Å². The molecule has 0 unspecified atom stereocenters. The number of carboxylic acid groups (broad SMARTS) is 1. The van der Waals surface area contributed by atoms with Crippen molar-refractivity contribution in [3.05, 3.63) is 39.8 Å². The Labute approximate surface area is 99.7 Å². The largest absolute Gasteiger partial charge is 0.476 e. The van der Waals surface area contributed by atoms with Gasteiger partial charge in [-0.25, -0.2) is 14.3 Å². The fraction of sp³-hybridized carbons (Fsp3) is 0.0909. The van der Waals surface area contributed by atoms with Crippen molar-refractivity contribution in [1.82, 2.24) is 19.6 Å². The Morgan fingerprint density at radius 3 is 2.89 bits per heavy atom. The number of aromatic amines is 1. The Kier molecular flexibility index (Phi) is 1.97. The molecule has 2 N–H and O–H groups in total. The minimum atomic E-state index is -1.37. The van der Waals surface area contributed by atoms with Crippen LogP contribution < -0.4 is 5.56 Å². The molecule has 0 atom stereocenters. The Morgan fingerprint density at radius 1 is 1.39 bits per heavy atom. The van der Waals surface area contributed by atoms with Crippen LogP contribution in [0.15, 0.2) is 23.0 Å². The normalized spacial score (nSPS) is 11.2. The lowest BCUT2D eigenvalue weighted by Crippen LogP contribution is -2.22. The number of hydrogen-bond acceptors (Lipinski definition) is 4. The molecule has 0 fully saturated rings. The highest BCUT2D eigenvalue weighted by Crippen LogP contribution is 2.15. The average molecular weight is 244 g/mol. The smallest absolute Gasteiger partial charge is 0.360 e. The summed E-state index contributed by atoms with van der Waals surface area (Å²) in [6.45, 7) is 1.91. The molecule has 0 aliphatic carbocycles. The van der Waals surface area contributed by atoms with Gasteiger partial charge in [-0.2, -0.15) is 4.98 Å². The van der Waals surface area contributed by atoms with Crippen LogP contribution in [-0.4, -0.2) is 30.7 Å². The van der Waals surface area contributed by atoms with E-state index in [1.165, 1.54) is 4.52 Å². The number of imidazole rings is 1. The molecule has 0 bridgehead atoms. The van der Waals surface area contributed by atoms with Gasteiger partial charge >= 0.3 is 5.97 Å². The first kappa shape index (κ1) is 10.5. The molecule has 0 saturated carbocycles. The number of aromatic carboxylic acids is 1. The number of aromatic nitrogens is 4. The van der Waals surface area contributed by atoms with E-state index in [0.717, 1.165) is 5.56 Å². The van der Waals surface area contributed by atoms with Gasteiger partial charge in [0.2, 0.25) is 5.69 Å². The summed E-state index contributed by atoms with van der Waals surface area (Å²) in [5, 5.41) is 11.3. The predicted octanol–water partition coefficient (Wildman–Crippen LogP) is 0.577. The van der Waals surface area contributed by atoms with Crippen molar-refractivity contribution >= 4 is 22.8 Å². The molecule has 2 heterocycles. The summed E-state index contributed by atoms with van der Waals surface area (Å²) in [6.07, 6.45) is 0. The van der Waals surface area contributed by atoms with Crippen molar-refractivity contribution < 1.29 is 9.90 Å². The van der Waals surface area contributed by atoms with Gasteiger partial charge in [-0.05, 0) is 24.6 Å². The monoisotopic (exact) mass is 244 g/mol. The molecule has 0 aliphatic heterocycles. The van der Waals surface area contributed by atoms with Crippen molar-refractivity contribution in [2.75, 3.05) is 0 Å². The number of carboxylic acids is 1. The first-order valence-corrected chi connectivity index (χ1v) is 5.19. The van der Waals surface area contributed by atoms with Crippen LogP contribution in [0.2, 0.25) is 0 Å². The molecular weight excluding hydrogens is 236 g/mol. The lowest BCUT2D eigenvalue weighted by Gasteiger charge is -1.97. The lowest BCUT2D eigenvalue weighted by atomic mass is 10.2. The summed E-state index contributed by atoms with van der Waals surface area (Å²) in [7, 11) is 0. The number of aryl methyl sites for hydroxylation is 1. The quantitative estimate of drug-likeness (QED) is 0.652. The molecule has 3 aromatic rings. The van der Waals surface area contributed by atoms with Gasteiger partial charge in [-0.15, -0.1) is 0 Å². The molecule has 1 aromatic carbocycles. The zero-order valence-electron chi connectivity index (χ0n) is 9.34. The van der Waals surface area contributed by atoms with Gasteiger partial charge < -0.3 is 5.11 Å². The third-order valence-corrected chi connectivity index (χ3v) is 2.64. The first-order chi connectivity index (χ1) is 8.56. The third-order valence-electron chi connectivity index (χ3n) is 2.64. The maximum atomic E-state index is 11.6. The SMILES string of the molecule is Cc1ccc2nc3nc(C(=O)O)c(=O)[nH]n3c2c1. The van der Waals surface area contributed by atoms with E-state index >= 15 is 0 Å². The van der Waals surface area contributed by atoms with E-state index in [1.807, 2.05) is 19.1 Å². The van der Waals surface area contributed by atoms with E-state index in [-0.39, 0.29) is 5.78 Å². The number of nitrogens with zero attached hydrogens (tertiary/aromatic N) is 3. The summed E-state index contributed by atoms with van der Waals surface area (Å²) in [5.74, 6) is -1.21. The summed E-state index contributed by atoms with van der Waals surface area (Å²) in [4.78, 5) is 30.3. The number of rotatable bonds is 1. The highest BCUT2D eigenvalue weighted by molar-refractivity contribution is 5.86. The van der Waals surface area contributed by atoms with Gasteiger partial charge in [0.25, 0.3) is 11.3 Å². The molecule has 0 saturated heterocycles. The molecule has 0 spiro atoms. The maximum Gasteiger partial charge on any atom is 0.360 e. The molecule has 18 heavy (non-hydrogen) atoms. The number of H-pyrrole nitrogens is 1. The van der Waals surface area contributed by atoms with Crippen LogP contribution in [0.3, 0.4) is 0 Å². The van der Waals surface area contributed by atoms with Gasteiger partial charge in [0.05, 0.1) is 11.0 Å². The minimum absolute atomic E-state index is 0.160. The summed E-state index contributed by atoms with van der Waals surface area (Å²) >= 11 is 0. The standard InChI is InChI=1S/C11H8N4O3/c1-5-2-3-6-7(4-5)15-11(12-6)13-8(10(17)18)9(16)14-15/h2-4H,1H3,(H,14,16)(H,17,18). The highest BCUT2D eigenvalue weighted by Gasteiger charge is 2.14. The predicted molar refractivity (Wildman–Crippen MR) is 62.8 cm³/mol. The topological polar surface area (TPSA) is 100 Å². The van der Waals surface area contributed by atoms with E-state index in [1.54, 1.807) is 6.07 Å². The fourth-order valence-corrected chi connectivity index (χ4v) is 1.81. The van der Waals surface area contributed by atoms with Crippen molar-refractivity contribution in [3.8, 4) is 0 Å². The highest BCUT2D eigenvalue weighted by atomic mass is 16.4. The lowest BCUT2D eigenvalue weighted by molar-refractivity contribution is 0.0688. The zero-order chi connectivity index (χ0) is 12.9. The molecule has 90 valence electrons. The Morgan fingerprint density at radius 2 is 2.17 bits per heavy atom. The van der Waals surface area contributed by atoms with Crippen LogP contribution in [0.4, 0.5) is 0 Å². The number of fused-ring (bicyclic) bond motifs is 3. The molecule has 2 aromatic heterocycles. The van der Waals surface area contributed by atoms with Crippen molar-refractivity contribution in [2.45, 2.75) is 6.92 Å². The van der Waals surface area contributed by atoms with Crippen LogP contribution in [0.1, 0.15) is 16.1 Å². The van der Waals surface area contributed by atoms with Crippen molar-refractivity contribution in [1.29, 1.82) is 0 Å². The van der Waals surface area contributed by atoms with E-state index in [4.69, 9.17) is 5.11 Å². The maximum absolute atomic E-state index is 11.6. The van der Waals surface area contributed by atoms with Crippen molar-refractivity contribution in [2.24, 2.45) is 0 Å². The number of carbonyl (C=O) groups is 1. The second-order valence-corrected chi connectivity index (χ2v) is 3.95. The van der Waals surface area contributed by atoms with Gasteiger partial charge in [-0.3, -0.25) is 9.89 Å². The fourth-order valence-electron chi connectivity index (χ4n) is 1.81. The first-order valence-electron chi connectivity index (χ1n) is 5.19. The van der Waals surface area contributed by atoms with E-state index in [0.29, 0.717) is 11.0 Å². The van der Waals surface area contributed by atoms with Gasteiger partial charge in [0.1, 0.15) is 0 Å². The molecule has 7 heteroatoms. The molecule has 0 radical (unpaired) electrons. The Balaban J connectivity index is 2.48. The summed E-state index contributed by atoms with van der Waals surface area (Å²) in [5.41, 5.74) is 1.02. The van der Waals surface area contributed by atoms with Crippen LogP contribution in [0.5, 0.6) is 0 Å². The van der Waals surface area contributed by atoms with Gasteiger partial charge in [0.15, 0.2) is 0 Å². The van der Waals surface area contributed by atoms with Crippen LogP contribution in [0, 0.1) is 6.92 Å². The molecule has 7 nitrogen and oxygen atoms in total. The Bertz CT molecular complexity index is 846. The van der Waals surface area contributed by atoms with E-state index in [9.17, 15) is 9.59 Å². The molecule has 3 rings (SSSR count). The third kappa shape index (κ3) is 1.37. The number of benzene rings is 1. The second kappa shape index (κ2) is 3.39. The van der Waals surface area contributed by atoms with Gasteiger partial charge in [-0.1, -0.05) is 6.07 Å². The summed E-state index contributed by atoms with van der Waals surface area (Å²) in [6, 6.07) is 5.51. The van der Waals surface area contributed by atoms with Crippen LogP contribution >= 0.6 is 0 Å². The number of hydrogen-bond donors (Lipinski definition) is 2. The summed E-state index contributed by atoms with van der Waals surface area (Å²) < 4.78 is 1.39. The molecule has 0 amide bonds. The second-order valence-electron chi connectivity index (χ2n) is 3.95. The number of nitrogens with one attached hydrogen (secondary N) is 1. The average Bonchev–Trinajstić information content (AvgIpc) is 2.65. The molecule has 0 aliphatic rings. The molecular formula is C11H8N4O3. The zero-order valence-corrected chi connectivity index (χ0v) is 9.34. The minimum Gasteiger partial charge on any atom is -0.476 e. The van der Waals surface area contributed by atoms with E-state index < -0.39 is 17.2 Å². The van der Waals surface area contributed by atoms with Crippen molar-refractivity contribution in [3.63, 3.8) is 0 Å².